The fraction of sp³-hybridized carbons (Fsp3) is 0.500. The number of piperidine rings is 1. The zero-order chi connectivity index (χ0) is 15.5. The van der Waals surface area contributed by atoms with Crippen LogP contribution in [0.3, 0.4) is 0 Å². The van der Waals surface area contributed by atoms with E-state index in [0.29, 0.717) is 11.6 Å². The maximum absolute atomic E-state index is 12.5. The number of rotatable bonds is 3. The topological polar surface area (TPSA) is 63.9 Å². The first kappa shape index (κ1) is 14.7. The Labute approximate surface area is 130 Å². The molecule has 0 spiro atoms. The van der Waals surface area contributed by atoms with Crippen molar-refractivity contribution >= 4 is 5.91 Å². The van der Waals surface area contributed by atoms with Gasteiger partial charge in [-0.25, -0.2) is 9.97 Å². The standard InChI is InChI=1S/C16H21N5O/c1-12-8-19-15(9-18-12)16(22)21-6-3-4-14(11-21)10-20-7-5-17-13(20)2/h5,7-9,14H,3-4,6,10-11H2,1-2H3/t14-/m1/s1. The van der Waals surface area contributed by atoms with E-state index in [2.05, 4.69) is 19.5 Å². The Morgan fingerprint density at radius 3 is 2.82 bits per heavy atom. The van der Waals surface area contributed by atoms with Gasteiger partial charge in [-0.1, -0.05) is 0 Å². The number of likely N-dealkylation sites (tertiary alicyclic amines) is 1. The molecule has 1 saturated heterocycles. The average molecular weight is 299 g/mol. The molecule has 1 aliphatic rings. The lowest BCUT2D eigenvalue weighted by atomic mass is 9.97. The second-order valence-electron chi connectivity index (χ2n) is 5.93. The number of hydrogen-bond acceptors (Lipinski definition) is 4. The number of aryl methyl sites for hydroxylation is 2. The van der Waals surface area contributed by atoms with Gasteiger partial charge in [0, 0.05) is 38.2 Å². The summed E-state index contributed by atoms with van der Waals surface area (Å²) in [5.74, 6) is 1.47. The van der Waals surface area contributed by atoms with E-state index in [4.69, 9.17) is 0 Å². The molecule has 0 bridgehead atoms. The molecule has 1 fully saturated rings. The van der Waals surface area contributed by atoms with Gasteiger partial charge in [-0.2, -0.15) is 0 Å². The minimum atomic E-state index is -0.0143. The van der Waals surface area contributed by atoms with Crippen LogP contribution in [0.1, 0.15) is 34.8 Å². The largest absolute Gasteiger partial charge is 0.337 e. The highest BCUT2D eigenvalue weighted by atomic mass is 16.2. The number of hydrogen-bond donors (Lipinski definition) is 0. The molecule has 6 nitrogen and oxygen atoms in total. The van der Waals surface area contributed by atoms with Gasteiger partial charge in [-0.3, -0.25) is 9.78 Å². The van der Waals surface area contributed by atoms with Gasteiger partial charge < -0.3 is 9.47 Å². The van der Waals surface area contributed by atoms with Gasteiger partial charge in [0.1, 0.15) is 11.5 Å². The van der Waals surface area contributed by atoms with Crippen LogP contribution in [0.25, 0.3) is 0 Å². The van der Waals surface area contributed by atoms with E-state index in [1.165, 1.54) is 0 Å². The van der Waals surface area contributed by atoms with E-state index in [0.717, 1.165) is 44.0 Å². The summed E-state index contributed by atoms with van der Waals surface area (Å²) in [7, 11) is 0. The smallest absolute Gasteiger partial charge is 0.274 e. The molecular formula is C16H21N5O. The first-order chi connectivity index (χ1) is 10.6. The molecule has 0 aromatic carbocycles. The summed E-state index contributed by atoms with van der Waals surface area (Å²) in [4.78, 5) is 27.1. The molecule has 2 aromatic rings. The number of amides is 1. The fourth-order valence-corrected chi connectivity index (χ4v) is 2.94. The van der Waals surface area contributed by atoms with Crippen LogP contribution in [0.15, 0.2) is 24.8 Å². The van der Waals surface area contributed by atoms with Gasteiger partial charge in [-0.15, -0.1) is 0 Å². The van der Waals surface area contributed by atoms with Crippen LogP contribution in [-0.2, 0) is 6.54 Å². The molecule has 0 N–H and O–H groups in total. The highest BCUT2D eigenvalue weighted by Gasteiger charge is 2.25. The molecule has 0 unspecified atom stereocenters. The lowest BCUT2D eigenvalue weighted by Gasteiger charge is -2.32. The third-order valence-electron chi connectivity index (χ3n) is 4.18. The second kappa shape index (κ2) is 6.25. The number of imidazole rings is 1. The first-order valence-corrected chi connectivity index (χ1v) is 7.69. The molecule has 0 aliphatic carbocycles. The fourth-order valence-electron chi connectivity index (χ4n) is 2.94. The van der Waals surface area contributed by atoms with Gasteiger partial charge in [0.15, 0.2) is 0 Å². The maximum atomic E-state index is 12.5. The molecule has 22 heavy (non-hydrogen) atoms. The number of nitrogens with zero attached hydrogens (tertiary/aromatic N) is 5. The van der Waals surface area contributed by atoms with Crippen molar-refractivity contribution in [1.29, 1.82) is 0 Å². The van der Waals surface area contributed by atoms with Crippen LogP contribution in [-0.4, -0.2) is 43.4 Å². The number of carbonyl (C=O) groups is 1. The predicted octanol–water partition coefficient (Wildman–Crippen LogP) is 1.84. The predicted molar refractivity (Wildman–Crippen MR) is 82.4 cm³/mol. The van der Waals surface area contributed by atoms with Crippen molar-refractivity contribution in [3.63, 3.8) is 0 Å². The molecule has 0 saturated carbocycles. The van der Waals surface area contributed by atoms with Crippen molar-refractivity contribution in [2.75, 3.05) is 13.1 Å². The van der Waals surface area contributed by atoms with Gasteiger partial charge in [0.05, 0.1) is 11.9 Å². The van der Waals surface area contributed by atoms with Crippen molar-refractivity contribution in [3.05, 3.63) is 42.0 Å². The third-order valence-corrected chi connectivity index (χ3v) is 4.18. The second-order valence-corrected chi connectivity index (χ2v) is 5.93. The van der Waals surface area contributed by atoms with E-state index in [1.54, 1.807) is 12.4 Å². The van der Waals surface area contributed by atoms with Crippen molar-refractivity contribution < 1.29 is 4.79 Å². The Hall–Kier alpha value is -2.24. The Balaban J connectivity index is 1.66. The van der Waals surface area contributed by atoms with E-state index in [-0.39, 0.29) is 5.91 Å². The van der Waals surface area contributed by atoms with Crippen molar-refractivity contribution in [1.82, 2.24) is 24.4 Å². The molecule has 2 aromatic heterocycles. The summed E-state index contributed by atoms with van der Waals surface area (Å²) < 4.78 is 2.16. The molecule has 3 heterocycles. The van der Waals surface area contributed by atoms with Crippen molar-refractivity contribution in [3.8, 4) is 0 Å². The van der Waals surface area contributed by atoms with Crippen LogP contribution in [0.2, 0.25) is 0 Å². The van der Waals surface area contributed by atoms with Gasteiger partial charge in [0.25, 0.3) is 5.91 Å². The zero-order valence-corrected chi connectivity index (χ0v) is 13.1. The summed E-state index contributed by atoms with van der Waals surface area (Å²) in [5, 5.41) is 0. The van der Waals surface area contributed by atoms with E-state index >= 15 is 0 Å². The summed E-state index contributed by atoms with van der Waals surface area (Å²) >= 11 is 0. The Kier molecular flexibility index (Phi) is 4.18. The summed E-state index contributed by atoms with van der Waals surface area (Å²) in [6, 6.07) is 0. The van der Waals surface area contributed by atoms with E-state index in [9.17, 15) is 4.79 Å². The minimum absolute atomic E-state index is 0.0143. The van der Waals surface area contributed by atoms with Crippen LogP contribution in [0.4, 0.5) is 0 Å². The lowest BCUT2D eigenvalue weighted by Crippen LogP contribution is -2.41. The molecule has 0 radical (unpaired) electrons. The summed E-state index contributed by atoms with van der Waals surface area (Å²) in [6.45, 7) is 6.36. The molecule has 1 amide bonds. The normalized spacial score (nSPS) is 18.5. The van der Waals surface area contributed by atoms with Gasteiger partial charge in [-0.05, 0) is 32.6 Å². The van der Waals surface area contributed by atoms with Crippen LogP contribution in [0, 0.1) is 19.8 Å². The van der Waals surface area contributed by atoms with Gasteiger partial charge in [0.2, 0.25) is 0 Å². The monoisotopic (exact) mass is 299 g/mol. The SMILES string of the molecule is Cc1cnc(C(=O)N2CCC[C@H](Cn3ccnc3C)C2)cn1. The quantitative estimate of drug-likeness (QED) is 0.867. The van der Waals surface area contributed by atoms with Crippen molar-refractivity contribution in [2.45, 2.75) is 33.2 Å². The number of carbonyl (C=O) groups excluding carboxylic acids is 1. The molecular weight excluding hydrogens is 278 g/mol. The number of aromatic nitrogens is 4. The van der Waals surface area contributed by atoms with E-state index < -0.39 is 0 Å². The summed E-state index contributed by atoms with van der Waals surface area (Å²) in [6.07, 6.45) is 9.21. The Morgan fingerprint density at radius 2 is 2.14 bits per heavy atom. The lowest BCUT2D eigenvalue weighted by molar-refractivity contribution is 0.0655. The third kappa shape index (κ3) is 3.16. The average Bonchev–Trinajstić information content (AvgIpc) is 2.93. The molecule has 1 aliphatic heterocycles. The highest BCUT2D eigenvalue weighted by molar-refractivity contribution is 5.92. The molecule has 116 valence electrons. The Bertz CT molecular complexity index is 649. The van der Waals surface area contributed by atoms with Crippen LogP contribution < -0.4 is 0 Å². The summed E-state index contributed by atoms with van der Waals surface area (Å²) in [5.41, 5.74) is 1.26. The molecule has 3 rings (SSSR count). The maximum Gasteiger partial charge on any atom is 0.274 e. The minimum Gasteiger partial charge on any atom is -0.337 e. The van der Waals surface area contributed by atoms with E-state index in [1.807, 2.05) is 31.1 Å². The van der Waals surface area contributed by atoms with Gasteiger partial charge >= 0.3 is 0 Å². The Morgan fingerprint density at radius 1 is 1.27 bits per heavy atom. The van der Waals surface area contributed by atoms with Crippen LogP contribution >= 0.6 is 0 Å². The highest BCUT2D eigenvalue weighted by Crippen LogP contribution is 2.20. The zero-order valence-electron chi connectivity index (χ0n) is 13.1. The van der Waals surface area contributed by atoms with Crippen LogP contribution in [0.5, 0.6) is 0 Å². The molecule has 1 atom stereocenters. The van der Waals surface area contributed by atoms with Crippen molar-refractivity contribution in [2.24, 2.45) is 5.92 Å². The first-order valence-electron chi connectivity index (χ1n) is 7.69. The molecule has 6 heteroatoms.